The summed E-state index contributed by atoms with van der Waals surface area (Å²) in [5, 5.41) is 11.6. The third-order valence-corrected chi connectivity index (χ3v) is 7.62. The summed E-state index contributed by atoms with van der Waals surface area (Å²) in [6, 6.07) is 17.2. The maximum absolute atomic E-state index is 13.5. The summed E-state index contributed by atoms with van der Waals surface area (Å²) < 4.78 is 34.4. The topological polar surface area (TPSA) is 89.8 Å². The molecule has 3 aromatic rings. The monoisotopic (exact) mass is 492 g/mol. The molecular formula is C22H18Cl2N2O5S. The van der Waals surface area contributed by atoms with Gasteiger partial charge < -0.3 is 4.74 Å². The first-order valence-electron chi connectivity index (χ1n) is 9.60. The number of hydrogen-bond donors (Lipinski definition) is 0. The third-order valence-electron chi connectivity index (χ3n) is 5.23. The number of ether oxygens (including phenoxy) is 1. The normalized spacial score (nSPS) is 19.2. The van der Waals surface area contributed by atoms with Crippen LogP contribution in [-0.2, 0) is 14.8 Å². The van der Waals surface area contributed by atoms with E-state index in [2.05, 4.69) is 0 Å². The van der Waals surface area contributed by atoms with Crippen LogP contribution >= 0.6 is 23.2 Å². The van der Waals surface area contributed by atoms with Crippen LogP contribution in [0.25, 0.3) is 0 Å². The Hall–Kier alpha value is -2.49. The van der Waals surface area contributed by atoms with Crippen molar-refractivity contribution in [1.29, 1.82) is 0 Å². The Kier molecular flexibility index (Phi) is 6.24. The van der Waals surface area contributed by atoms with E-state index in [4.69, 9.17) is 27.9 Å². The zero-order chi connectivity index (χ0) is 23.0. The zero-order valence-electron chi connectivity index (χ0n) is 16.8. The van der Waals surface area contributed by atoms with Crippen LogP contribution in [0.15, 0.2) is 71.6 Å². The number of sulfonamides is 1. The van der Waals surface area contributed by atoms with Gasteiger partial charge in [0.15, 0.2) is 6.23 Å². The van der Waals surface area contributed by atoms with Crippen molar-refractivity contribution < 1.29 is 18.1 Å². The van der Waals surface area contributed by atoms with Crippen LogP contribution < -0.4 is 0 Å². The molecule has 3 aromatic carbocycles. The minimum atomic E-state index is -4.06. The first kappa shape index (κ1) is 22.7. The molecule has 10 heteroatoms. The lowest BCUT2D eigenvalue weighted by Gasteiger charge is -2.23. The number of nitro benzene ring substituents is 1. The van der Waals surface area contributed by atoms with Gasteiger partial charge in [-0.15, -0.1) is 0 Å². The molecule has 1 fully saturated rings. The summed E-state index contributed by atoms with van der Waals surface area (Å²) in [6.45, 7) is 2.01. The Morgan fingerprint density at radius 1 is 1.03 bits per heavy atom. The summed E-state index contributed by atoms with van der Waals surface area (Å²) in [7, 11) is -4.06. The van der Waals surface area contributed by atoms with Crippen molar-refractivity contribution in [2.24, 2.45) is 0 Å². The molecule has 1 aliphatic rings. The maximum atomic E-state index is 13.5. The molecule has 0 bridgehead atoms. The molecule has 1 saturated heterocycles. The largest absolute Gasteiger partial charge is 0.348 e. The lowest BCUT2D eigenvalue weighted by atomic mass is 10.1. The van der Waals surface area contributed by atoms with Gasteiger partial charge in [0.2, 0.25) is 10.0 Å². The van der Waals surface area contributed by atoms with E-state index in [0.29, 0.717) is 10.6 Å². The predicted molar refractivity (Wildman–Crippen MR) is 121 cm³/mol. The van der Waals surface area contributed by atoms with E-state index < -0.39 is 27.3 Å². The molecule has 166 valence electrons. The lowest BCUT2D eigenvalue weighted by molar-refractivity contribution is -0.384. The average molecular weight is 493 g/mol. The molecule has 7 nitrogen and oxygen atoms in total. The molecule has 0 spiro atoms. The van der Waals surface area contributed by atoms with Gasteiger partial charge in [0.25, 0.3) is 5.69 Å². The lowest BCUT2D eigenvalue weighted by Crippen LogP contribution is -2.31. The summed E-state index contributed by atoms with van der Waals surface area (Å²) in [6.07, 6.45) is -1.52. The smallest absolute Gasteiger partial charge is 0.269 e. The molecule has 0 N–H and O–H groups in total. The van der Waals surface area contributed by atoms with Crippen LogP contribution in [0.5, 0.6) is 0 Å². The van der Waals surface area contributed by atoms with Crippen LogP contribution in [0.3, 0.4) is 0 Å². The Bertz CT molecular complexity index is 1260. The number of nitrogens with zero attached hydrogens (tertiary/aromatic N) is 2. The molecule has 0 amide bonds. The predicted octanol–water partition coefficient (Wildman–Crippen LogP) is 5.67. The fraction of sp³-hybridized carbons (Fsp3) is 0.182. The first-order valence-corrected chi connectivity index (χ1v) is 11.8. The van der Waals surface area contributed by atoms with Crippen molar-refractivity contribution in [3.05, 3.63) is 104 Å². The number of rotatable bonds is 5. The molecule has 0 saturated carbocycles. The number of nitro groups is 1. The summed E-state index contributed by atoms with van der Waals surface area (Å²) >= 11 is 12.4. The van der Waals surface area contributed by atoms with Crippen LogP contribution in [0.2, 0.25) is 10.0 Å². The standard InChI is InChI=1S/C22H18Cl2N2O5S/c1-14-2-4-15(5-3-14)21-13-25(22(31-21)19-11-6-16(23)12-20(19)24)32(29,30)18-9-7-17(8-10-18)26(27)28/h2-12,21-22H,13H2,1H3. The zero-order valence-corrected chi connectivity index (χ0v) is 19.1. The van der Waals surface area contributed by atoms with Gasteiger partial charge >= 0.3 is 0 Å². The molecule has 1 aliphatic heterocycles. The van der Waals surface area contributed by atoms with Gasteiger partial charge in [0.05, 0.1) is 15.9 Å². The maximum Gasteiger partial charge on any atom is 0.269 e. The second-order valence-corrected chi connectivity index (χ2v) is 10.1. The number of halogens is 2. The van der Waals surface area contributed by atoms with Crippen molar-refractivity contribution in [2.75, 3.05) is 6.54 Å². The molecular weight excluding hydrogens is 475 g/mol. The molecule has 0 aromatic heterocycles. The van der Waals surface area contributed by atoms with E-state index in [1.54, 1.807) is 12.1 Å². The molecule has 4 rings (SSSR count). The second kappa shape index (κ2) is 8.80. The van der Waals surface area contributed by atoms with Crippen molar-refractivity contribution in [3.8, 4) is 0 Å². The van der Waals surface area contributed by atoms with Crippen molar-refractivity contribution >= 4 is 38.9 Å². The van der Waals surface area contributed by atoms with Crippen molar-refractivity contribution in [1.82, 2.24) is 4.31 Å². The summed E-state index contributed by atoms with van der Waals surface area (Å²) in [4.78, 5) is 10.3. The Labute approximate surface area is 195 Å². The van der Waals surface area contributed by atoms with Gasteiger partial charge in [-0.05, 0) is 36.8 Å². The highest BCUT2D eigenvalue weighted by molar-refractivity contribution is 7.89. The van der Waals surface area contributed by atoms with Gasteiger partial charge in [0, 0.05) is 34.3 Å². The van der Waals surface area contributed by atoms with Crippen LogP contribution in [-0.4, -0.2) is 24.2 Å². The summed E-state index contributed by atoms with van der Waals surface area (Å²) in [5.74, 6) is 0. The van der Waals surface area contributed by atoms with Crippen LogP contribution in [0, 0.1) is 17.0 Å². The highest BCUT2D eigenvalue weighted by atomic mass is 35.5. The molecule has 0 aliphatic carbocycles. The van der Waals surface area contributed by atoms with Gasteiger partial charge in [-0.25, -0.2) is 8.42 Å². The van der Waals surface area contributed by atoms with Gasteiger partial charge in [-0.2, -0.15) is 4.31 Å². The van der Waals surface area contributed by atoms with E-state index in [9.17, 15) is 18.5 Å². The Balaban J connectivity index is 1.76. The molecule has 2 atom stereocenters. The van der Waals surface area contributed by atoms with E-state index in [1.807, 2.05) is 31.2 Å². The van der Waals surface area contributed by atoms with E-state index in [-0.39, 0.29) is 22.2 Å². The van der Waals surface area contributed by atoms with E-state index in [0.717, 1.165) is 23.3 Å². The second-order valence-electron chi connectivity index (χ2n) is 7.38. The highest BCUT2D eigenvalue weighted by Gasteiger charge is 2.43. The van der Waals surface area contributed by atoms with Crippen molar-refractivity contribution in [3.63, 3.8) is 0 Å². The number of hydrogen-bond acceptors (Lipinski definition) is 5. The molecule has 0 radical (unpaired) electrons. The summed E-state index contributed by atoms with van der Waals surface area (Å²) in [5.41, 5.74) is 2.15. The first-order chi connectivity index (χ1) is 15.2. The van der Waals surface area contributed by atoms with E-state index >= 15 is 0 Å². The fourth-order valence-corrected chi connectivity index (χ4v) is 5.52. The highest BCUT2D eigenvalue weighted by Crippen LogP contribution is 2.43. The van der Waals surface area contributed by atoms with Crippen molar-refractivity contribution in [2.45, 2.75) is 24.2 Å². The molecule has 32 heavy (non-hydrogen) atoms. The molecule has 2 unspecified atom stereocenters. The average Bonchev–Trinajstić information content (AvgIpc) is 3.20. The Morgan fingerprint density at radius 3 is 2.28 bits per heavy atom. The molecule has 1 heterocycles. The fourth-order valence-electron chi connectivity index (χ4n) is 3.52. The number of benzene rings is 3. The SMILES string of the molecule is Cc1ccc(C2CN(S(=O)(=O)c3ccc([N+](=O)[O-])cc3)C(c3ccc(Cl)cc3Cl)O2)cc1. The van der Waals surface area contributed by atoms with Crippen LogP contribution in [0.4, 0.5) is 5.69 Å². The quantitative estimate of drug-likeness (QED) is 0.338. The van der Waals surface area contributed by atoms with Gasteiger partial charge in [-0.1, -0.05) is 59.1 Å². The number of aryl methyl sites for hydroxylation is 1. The van der Waals surface area contributed by atoms with Crippen LogP contribution in [0.1, 0.15) is 29.0 Å². The number of non-ortho nitro benzene ring substituents is 1. The third kappa shape index (κ3) is 4.37. The Morgan fingerprint density at radius 2 is 1.69 bits per heavy atom. The van der Waals surface area contributed by atoms with E-state index in [1.165, 1.54) is 22.5 Å². The van der Waals surface area contributed by atoms with Gasteiger partial charge in [-0.3, -0.25) is 10.1 Å². The minimum absolute atomic E-state index is 0.0476. The minimum Gasteiger partial charge on any atom is -0.348 e. The van der Waals surface area contributed by atoms with Gasteiger partial charge in [0.1, 0.15) is 0 Å².